The number of esters is 1. The van der Waals surface area contributed by atoms with Crippen LogP contribution in [0.1, 0.15) is 18.4 Å². The number of rotatable bonds is 5. The third-order valence-corrected chi connectivity index (χ3v) is 6.96. The van der Waals surface area contributed by atoms with Gasteiger partial charge in [0, 0.05) is 10.9 Å². The van der Waals surface area contributed by atoms with E-state index in [0.29, 0.717) is 10.6 Å². The molecule has 2 aromatic rings. The number of hydrogen-bond acceptors (Lipinski definition) is 5. The van der Waals surface area contributed by atoms with Crippen molar-refractivity contribution >= 4 is 27.4 Å². The Hall–Kier alpha value is -1.89. The number of carbonyl (C=O) groups is 1. The minimum atomic E-state index is -3.84. The summed E-state index contributed by atoms with van der Waals surface area (Å²) < 4.78 is 31.2. The molecule has 0 spiro atoms. The van der Waals surface area contributed by atoms with Gasteiger partial charge in [0.25, 0.3) is 0 Å². The summed E-state index contributed by atoms with van der Waals surface area (Å²) in [5, 5.41) is -0.651. The van der Waals surface area contributed by atoms with E-state index in [-0.39, 0.29) is 11.5 Å². The molecule has 2 N–H and O–H groups in total. The third-order valence-electron chi connectivity index (χ3n) is 4.44. The average Bonchev–Trinajstić information content (AvgIpc) is 3.25. The van der Waals surface area contributed by atoms with Crippen LogP contribution in [0.15, 0.2) is 59.5 Å². The van der Waals surface area contributed by atoms with Gasteiger partial charge in [-0.05, 0) is 36.8 Å². The number of benzene rings is 2. The van der Waals surface area contributed by atoms with Crippen LogP contribution in [-0.2, 0) is 19.4 Å². The monoisotopic (exact) mass is 379 g/mol. The summed E-state index contributed by atoms with van der Waals surface area (Å²) >= 11 is 5.84. The Kier molecular flexibility index (Phi) is 4.62. The SMILES string of the molecule is CCOC(=O)[C@]1(N)[C@H](c2ccccc2)[C@@H]1S(=O)(=O)c1ccc(Cl)cc1. The molecule has 25 heavy (non-hydrogen) atoms. The number of sulfone groups is 1. The van der Waals surface area contributed by atoms with Crippen molar-refractivity contribution in [3.05, 3.63) is 65.2 Å². The molecule has 0 unspecified atom stereocenters. The maximum absolute atomic E-state index is 13.1. The van der Waals surface area contributed by atoms with Gasteiger partial charge in [-0.1, -0.05) is 41.9 Å². The normalized spacial score (nSPS) is 25.4. The molecule has 3 atom stereocenters. The van der Waals surface area contributed by atoms with E-state index < -0.39 is 32.5 Å². The summed E-state index contributed by atoms with van der Waals surface area (Å²) in [6.45, 7) is 1.79. The molecule has 0 aliphatic heterocycles. The molecule has 1 aliphatic rings. The lowest BCUT2D eigenvalue weighted by atomic mass is 10.1. The highest BCUT2D eigenvalue weighted by Gasteiger charge is 2.74. The predicted octanol–water partition coefficient (Wildman–Crippen LogP) is 2.54. The molecule has 5 nitrogen and oxygen atoms in total. The van der Waals surface area contributed by atoms with Gasteiger partial charge in [-0.15, -0.1) is 0 Å². The van der Waals surface area contributed by atoms with E-state index in [4.69, 9.17) is 22.1 Å². The van der Waals surface area contributed by atoms with Crippen LogP contribution >= 0.6 is 11.6 Å². The fourth-order valence-corrected chi connectivity index (χ4v) is 5.54. The number of carbonyl (C=O) groups excluding carboxylic acids is 1. The van der Waals surface area contributed by atoms with Crippen LogP contribution in [-0.4, -0.2) is 31.8 Å². The van der Waals surface area contributed by atoms with E-state index in [1.54, 1.807) is 31.2 Å². The maximum atomic E-state index is 13.1. The van der Waals surface area contributed by atoms with Crippen molar-refractivity contribution in [2.45, 2.75) is 28.5 Å². The molecule has 0 heterocycles. The highest BCUT2D eigenvalue weighted by Crippen LogP contribution is 2.56. The minimum Gasteiger partial charge on any atom is -0.465 e. The van der Waals surface area contributed by atoms with Gasteiger partial charge in [-0.2, -0.15) is 0 Å². The van der Waals surface area contributed by atoms with E-state index in [1.165, 1.54) is 24.3 Å². The van der Waals surface area contributed by atoms with Crippen LogP contribution in [0.3, 0.4) is 0 Å². The molecule has 0 amide bonds. The number of ether oxygens (including phenoxy) is 1. The Labute approximate surface area is 151 Å². The summed E-state index contributed by atoms with van der Waals surface area (Å²) in [4.78, 5) is 12.5. The number of hydrogen-bond donors (Lipinski definition) is 1. The molecular weight excluding hydrogens is 362 g/mol. The first-order valence-corrected chi connectivity index (χ1v) is 9.76. The largest absolute Gasteiger partial charge is 0.465 e. The standard InChI is InChI=1S/C18H18ClNO4S/c1-2-24-17(21)18(20)15(12-6-4-3-5-7-12)16(18)25(22,23)14-10-8-13(19)9-11-14/h3-11,15-16H,2,20H2,1H3/t15-,16+,18+/m1/s1. The molecule has 1 saturated carbocycles. The van der Waals surface area contributed by atoms with Gasteiger partial charge in [0.1, 0.15) is 10.8 Å². The lowest BCUT2D eigenvalue weighted by Gasteiger charge is -2.11. The van der Waals surface area contributed by atoms with E-state index >= 15 is 0 Å². The van der Waals surface area contributed by atoms with Crippen molar-refractivity contribution in [3.8, 4) is 0 Å². The van der Waals surface area contributed by atoms with E-state index in [9.17, 15) is 13.2 Å². The number of halogens is 1. The van der Waals surface area contributed by atoms with E-state index in [0.717, 1.165) is 0 Å². The zero-order valence-electron chi connectivity index (χ0n) is 13.6. The summed E-state index contributed by atoms with van der Waals surface area (Å²) in [6, 6.07) is 14.8. The summed E-state index contributed by atoms with van der Waals surface area (Å²) in [5.74, 6) is -1.36. The van der Waals surface area contributed by atoms with Crippen LogP contribution in [0.2, 0.25) is 5.02 Å². The highest BCUT2D eigenvalue weighted by molar-refractivity contribution is 7.92. The van der Waals surface area contributed by atoms with Crippen LogP contribution in [0.25, 0.3) is 0 Å². The van der Waals surface area contributed by atoms with Gasteiger partial charge in [-0.25, -0.2) is 13.2 Å². The first kappa shape index (κ1) is 17.9. The Bertz CT molecular complexity index is 883. The second kappa shape index (κ2) is 6.44. The molecular formula is C18H18ClNO4S. The van der Waals surface area contributed by atoms with Gasteiger partial charge in [-0.3, -0.25) is 0 Å². The molecule has 0 radical (unpaired) electrons. The van der Waals surface area contributed by atoms with Gasteiger partial charge >= 0.3 is 5.97 Å². The Balaban J connectivity index is 2.05. The predicted molar refractivity (Wildman–Crippen MR) is 95.2 cm³/mol. The van der Waals surface area contributed by atoms with Crippen LogP contribution in [0.5, 0.6) is 0 Å². The van der Waals surface area contributed by atoms with Crippen molar-refractivity contribution in [2.24, 2.45) is 5.73 Å². The Morgan fingerprint density at radius 3 is 2.32 bits per heavy atom. The third kappa shape index (κ3) is 2.94. The van der Waals surface area contributed by atoms with E-state index in [2.05, 4.69) is 0 Å². The molecule has 3 rings (SSSR count). The van der Waals surface area contributed by atoms with Gasteiger partial charge in [0.05, 0.1) is 11.5 Å². The second-order valence-corrected chi connectivity index (χ2v) is 8.47. The molecule has 0 saturated heterocycles. The van der Waals surface area contributed by atoms with Crippen molar-refractivity contribution in [3.63, 3.8) is 0 Å². The molecule has 132 valence electrons. The summed E-state index contributed by atoms with van der Waals surface area (Å²) in [7, 11) is -3.84. The van der Waals surface area contributed by atoms with Gasteiger partial charge < -0.3 is 10.5 Å². The quantitative estimate of drug-likeness (QED) is 0.807. The zero-order valence-corrected chi connectivity index (χ0v) is 15.1. The van der Waals surface area contributed by atoms with Gasteiger partial charge in [0.2, 0.25) is 0 Å². The molecule has 2 aromatic carbocycles. The molecule has 7 heteroatoms. The Morgan fingerprint density at radius 2 is 1.76 bits per heavy atom. The highest BCUT2D eigenvalue weighted by atomic mass is 35.5. The molecule has 1 aliphatic carbocycles. The second-order valence-electron chi connectivity index (χ2n) is 5.96. The Morgan fingerprint density at radius 1 is 1.16 bits per heavy atom. The van der Waals surface area contributed by atoms with Crippen LogP contribution < -0.4 is 5.73 Å². The zero-order chi connectivity index (χ0) is 18.2. The first-order chi connectivity index (χ1) is 11.8. The smallest absolute Gasteiger partial charge is 0.328 e. The molecule has 1 fully saturated rings. The maximum Gasteiger partial charge on any atom is 0.328 e. The molecule has 0 bridgehead atoms. The van der Waals surface area contributed by atoms with Crippen molar-refractivity contribution in [1.29, 1.82) is 0 Å². The lowest BCUT2D eigenvalue weighted by molar-refractivity contribution is -0.145. The fraction of sp³-hybridized carbons (Fsp3) is 0.278. The summed E-state index contributed by atoms with van der Waals surface area (Å²) in [6.07, 6.45) is 0. The fourth-order valence-electron chi connectivity index (χ4n) is 3.19. The van der Waals surface area contributed by atoms with E-state index in [1.807, 2.05) is 6.07 Å². The molecule has 0 aromatic heterocycles. The van der Waals surface area contributed by atoms with Crippen LogP contribution in [0, 0.1) is 0 Å². The van der Waals surface area contributed by atoms with Crippen LogP contribution in [0.4, 0.5) is 0 Å². The summed E-state index contributed by atoms with van der Waals surface area (Å²) in [5.41, 5.74) is 5.36. The topological polar surface area (TPSA) is 86.5 Å². The number of nitrogens with two attached hydrogens (primary N) is 1. The first-order valence-electron chi connectivity index (χ1n) is 7.84. The average molecular weight is 380 g/mol. The van der Waals surface area contributed by atoms with Crippen molar-refractivity contribution in [2.75, 3.05) is 6.61 Å². The minimum absolute atomic E-state index is 0.0828. The lowest BCUT2D eigenvalue weighted by Crippen LogP contribution is -2.41. The van der Waals surface area contributed by atoms with Crippen molar-refractivity contribution in [1.82, 2.24) is 0 Å². The van der Waals surface area contributed by atoms with Crippen molar-refractivity contribution < 1.29 is 17.9 Å². The van der Waals surface area contributed by atoms with Gasteiger partial charge in [0.15, 0.2) is 9.84 Å².